The predicted octanol–water partition coefficient (Wildman–Crippen LogP) is 6.21. The lowest BCUT2D eigenvalue weighted by Crippen LogP contribution is -2.67. The van der Waals surface area contributed by atoms with E-state index in [2.05, 4.69) is 78.6 Å². The molecule has 1 aliphatic heterocycles. The topological polar surface area (TPSA) is 98.5 Å². The highest BCUT2D eigenvalue weighted by molar-refractivity contribution is 6.71. The first-order valence-corrected chi connectivity index (χ1v) is 26.5. The van der Waals surface area contributed by atoms with Crippen LogP contribution in [0.2, 0.25) is 78.6 Å². The van der Waals surface area contributed by atoms with E-state index in [1.165, 1.54) is 12.1 Å². The molecule has 1 aromatic rings. The summed E-state index contributed by atoms with van der Waals surface area (Å²) in [5.41, 5.74) is -0.00299. The third kappa shape index (κ3) is 11.4. The molecule has 1 fully saturated rings. The molecule has 1 aromatic carbocycles. The first-order chi connectivity index (χ1) is 16.6. The number of nitro groups is 1. The molecule has 0 aliphatic carbocycles. The van der Waals surface area contributed by atoms with Crippen LogP contribution in [-0.4, -0.2) is 75.5 Å². The van der Waals surface area contributed by atoms with Crippen LogP contribution in [0.25, 0.3) is 0 Å². The van der Waals surface area contributed by atoms with Crippen LogP contribution in [-0.2, 0) is 22.4 Å². The molecule has 37 heavy (non-hydrogen) atoms. The third-order valence-corrected chi connectivity index (χ3v) is 9.01. The zero-order valence-electron chi connectivity index (χ0n) is 24.6. The standard InChI is InChI=1S/C24H47NO8Si4/c1-34(2,3)28-17-20-21(31-35(4,5)6)22(32-36(7,8)9)23(33-37(10,11)12)24(30-20)29-19-15-13-18(14-16-19)25(26)27/h13-16,20-24H,17H2,1-12H3/t20-,21-,22+,23+,24+/m1/s1. The van der Waals surface area contributed by atoms with Crippen molar-refractivity contribution in [1.29, 1.82) is 0 Å². The van der Waals surface area contributed by atoms with Crippen molar-refractivity contribution in [3.8, 4) is 5.75 Å². The second-order valence-corrected chi connectivity index (χ2v) is 31.3. The summed E-state index contributed by atoms with van der Waals surface area (Å²) in [6.07, 6.45) is -2.57. The summed E-state index contributed by atoms with van der Waals surface area (Å²) >= 11 is 0. The van der Waals surface area contributed by atoms with Crippen LogP contribution in [0.5, 0.6) is 5.75 Å². The molecule has 0 bridgehead atoms. The number of nitrogens with zero attached hydrogens (tertiary/aromatic N) is 1. The lowest BCUT2D eigenvalue weighted by atomic mass is 9.99. The van der Waals surface area contributed by atoms with E-state index < -0.39 is 62.8 Å². The first kappa shape index (κ1) is 32.3. The lowest BCUT2D eigenvalue weighted by Gasteiger charge is -2.50. The molecule has 0 amide bonds. The second kappa shape index (κ2) is 12.1. The molecule has 1 heterocycles. The van der Waals surface area contributed by atoms with Crippen LogP contribution in [0.15, 0.2) is 24.3 Å². The van der Waals surface area contributed by atoms with Crippen LogP contribution >= 0.6 is 0 Å². The minimum absolute atomic E-state index is 0.00299. The van der Waals surface area contributed by atoms with Gasteiger partial charge < -0.3 is 27.2 Å². The monoisotopic (exact) mass is 589 g/mol. The Kier molecular flexibility index (Phi) is 10.5. The fraction of sp³-hybridized carbons (Fsp3) is 0.750. The van der Waals surface area contributed by atoms with Crippen molar-refractivity contribution in [2.24, 2.45) is 0 Å². The minimum Gasteiger partial charge on any atom is -0.462 e. The Bertz CT molecular complexity index is 890. The van der Waals surface area contributed by atoms with Crippen LogP contribution in [0.1, 0.15) is 0 Å². The molecular formula is C24H47NO8Si4. The summed E-state index contributed by atoms with van der Waals surface area (Å²) in [7, 11) is -8.01. The summed E-state index contributed by atoms with van der Waals surface area (Å²) in [5, 5.41) is 11.1. The molecule has 212 valence electrons. The summed E-state index contributed by atoms with van der Waals surface area (Å²) < 4.78 is 39.5. The van der Waals surface area contributed by atoms with Gasteiger partial charge >= 0.3 is 0 Å². The van der Waals surface area contributed by atoms with Crippen LogP contribution < -0.4 is 4.74 Å². The fourth-order valence-electron chi connectivity index (χ4n) is 3.85. The summed E-state index contributed by atoms with van der Waals surface area (Å²) in [5.74, 6) is 0.459. The van der Waals surface area contributed by atoms with E-state index in [1.807, 2.05) is 0 Å². The van der Waals surface area contributed by atoms with Gasteiger partial charge in [0.2, 0.25) is 6.29 Å². The normalized spacial score (nSPS) is 25.7. The Morgan fingerprint density at radius 1 is 0.730 bits per heavy atom. The average molecular weight is 590 g/mol. The quantitative estimate of drug-likeness (QED) is 0.161. The molecule has 13 heteroatoms. The van der Waals surface area contributed by atoms with E-state index in [9.17, 15) is 10.1 Å². The predicted molar refractivity (Wildman–Crippen MR) is 156 cm³/mol. The largest absolute Gasteiger partial charge is 0.462 e. The molecule has 0 radical (unpaired) electrons. The van der Waals surface area contributed by atoms with E-state index in [1.54, 1.807) is 12.1 Å². The van der Waals surface area contributed by atoms with Crippen molar-refractivity contribution in [2.75, 3.05) is 6.61 Å². The highest BCUT2D eigenvalue weighted by atomic mass is 28.4. The number of rotatable bonds is 12. The van der Waals surface area contributed by atoms with Crippen LogP contribution in [0, 0.1) is 10.1 Å². The first-order valence-electron chi connectivity index (χ1n) is 12.9. The molecule has 5 atom stereocenters. The Labute approximate surface area is 226 Å². The summed E-state index contributed by atoms with van der Waals surface area (Å²) in [6, 6.07) is 6.01. The Balaban J connectivity index is 2.55. The van der Waals surface area contributed by atoms with Gasteiger partial charge in [-0.05, 0) is 90.7 Å². The van der Waals surface area contributed by atoms with Crippen LogP contribution in [0.4, 0.5) is 5.69 Å². The van der Waals surface area contributed by atoms with Crippen LogP contribution in [0.3, 0.4) is 0 Å². The molecular weight excluding hydrogens is 543 g/mol. The van der Waals surface area contributed by atoms with Crippen molar-refractivity contribution < 1.29 is 32.1 Å². The second-order valence-electron chi connectivity index (χ2n) is 13.4. The molecule has 0 spiro atoms. The number of hydrogen-bond donors (Lipinski definition) is 0. The van der Waals surface area contributed by atoms with Gasteiger partial charge in [-0.15, -0.1) is 0 Å². The summed E-state index contributed by atoms with van der Waals surface area (Å²) in [6.45, 7) is 26.1. The van der Waals surface area contributed by atoms with Crippen molar-refractivity contribution >= 4 is 39.0 Å². The number of benzene rings is 1. The maximum Gasteiger partial charge on any atom is 0.269 e. The number of nitro benzene ring substituents is 1. The number of non-ortho nitro benzene ring substituents is 1. The van der Waals surface area contributed by atoms with Gasteiger partial charge in [-0.2, -0.15) is 0 Å². The van der Waals surface area contributed by atoms with Gasteiger partial charge in [-0.25, -0.2) is 0 Å². The number of hydrogen-bond acceptors (Lipinski definition) is 8. The van der Waals surface area contributed by atoms with Gasteiger partial charge in [0.25, 0.3) is 5.69 Å². The van der Waals surface area contributed by atoms with Crippen molar-refractivity contribution in [2.45, 2.75) is 109 Å². The van der Waals surface area contributed by atoms with Gasteiger partial charge in [0, 0.05) is 12.1 Å². The zero-order valence-corrected chi connectivity index (χ0v) is 28.6. The molecule has 0 N–H and O–H groups in total. The molecule has 9 nitrogen and oxygen atoms in total. The van der Waals surface area contributed by atoms with Gasteiger partial charge in [-0.3, -0.25) is 10.1 Å². The van der Waals surface area contributed by atoms with Crippen molar-refractivity contribution in [1.82, 2.24) is 0 Å². The molecule has 2 rings (SSSR count). The Hall–Kier alpha value is -0.912. The van der Waals surface area contributed by atoms with Gasteiger partial charge in [0.05, 0.1) is 11.5 Å². The van der Waals surface area contributed by atoms with E-state index in [0.717, 1.165) is 0 Å². The maximum atomic E-state index is 11.1. The van der Waals surface area contributed by atoms with Crippen molar-refractivity contribution in [3.63, 3.8) is 0 Å². The maximum absolute atomic E-state index is 11.1. The molecule has 0 saturated carbocycles. The fourth-order valence-corrected chi connectivity index (χ4v) is 7.76. The highest BCUT2D eigenvalue weighted by Crippen LogP contribution is 2.35. The Morgan fingerprint density at radius 2 is 1.19 bits per heavy atom. The Morgan fingerprint density at radius 3 is 1.62 bits per heavy atom. The highest BCUT2D eigenvalue weighted by Gasteiger charge is 2.52. The SMILES string of the molecule is C[Si](C)(C)OC[C@H]1O[C@H](Oc2ccc([N+](=O)[O-])cc2)[C@@H](O[Si](C)(C)C)[C@@H](O[Si](C)(C)C)[C@@H]1O[Si](C)(C)C. The van der Waals surface area contributed by atoms with E-state index in [0.29, 0.717) is 12.4 Å². The molecule has 0 unspecified atom stereocenters. The number of ether oxygens (including phenoxy) is 2. The van der Waals surface area contributed by atoms with E-state index in [4.69, 9.17) is 27.2 Å². The van der Waals surface area contributed by atoms with E-state index >= 15 is 0 Å². The van der Waals surface area contributed by atoms with Gasteiger partial charge in [0.15, 0.2) is 33.3 Å². The van der Waals surface area contributed by atoms with E-state index in [-0.39, 0.29) is 11.8 Å². The lowest BCUT2D eigenvalue weighted by molar-refractivity contribution is -0.384. The van der Waals surface area contributed by atoms with Gasteiger partial charge in [-0.1, -0.05) is 0 Å². The minimum atomic E-state index is -2.09. The molecule has 0 aromatic heterocycles. The molecule has 1 aliphatic rings. The zero-order chi connectivity index (χ0) is 28.4. The van der Waals surface area contributed by atoms with Crippen molar-refractivity contribution in [3.05, 3.63) is 34.4 Å². The average Bonchev–Trinajstić information content (AvgIpc) is 2.68. The van der Waals surface area contributed by atoms with Gasteiger partial charge in [0.1, 0.15) is 30.2 Å². The molecule has 1 saturated heterocycles. The third-order valence-electron chi connectivity index (χ3n) is 5.04. The smallest absolute Gasteiger partial charge is 0.269 e. The summed E-state index contributed by atoms with van der Waals surface area (Å²) in [4.78, 5) is 10.7.